The Balaban J connectivity index is 2.58. The van der Waals surface area contributed by atoms with E-state index in [4.69, 9.17) is 0 Å². The fourth-order valence-electron chi connectivity index (χ4n) is 1.85. The van der Waals surface area contributed by atoms with Crippen LogP contribution in [0.4, 0.5) is 0 Å². The molecule has 1 fully saturated rings. The van der Waals surface area contributed by atoms with Crippen molar-refractivity contribution in [2.75, 3.05) is 26.5 Å². The summed E-state index contributed by atoms with van der Waals surface area (Å²) < 4.78 is 0.985. The lowest BCUT2D eigenvalue weighted by Gasteiger charge is -2.36. The summed E-state index contributed by atoms with van der Waals surface area (Å²) >= 11 is 2.02. The molecular weight excluding hydrogens is 182 g/mol. The Kier molecular flexibility index (Phi) is 3.66. The monoisotopic (exact) mass is 204 g/mol. The molecule has 0 aromatic heterocycles. The van der Waals surface area contributed by atoms with E-state index in [-0.39, 0.29) is 0 Å². The Morgan fingerprint density at radius 1 is 1.46 bits per heavy atom. The van der Waals surface area contributed by atoms with Crippen LogP contribution < -0.4 is 0 Å². The quantitative estimate of drug-likeness (QED) is 0.704. The Labute approximate surface area is 85.9 Å². The summed E-state index contributed by atoms with van der Waals surface area (Å²) in [6.07, 6.45) is 1.26. The van der Waals surface area contributed by atoms with Crippen LogP contribution in [0.2, 0.25) is 0 Å². The van der Waals surface area contributed by atoms with Crippen LogP contribution in [0.15, 0.2) is 0 Å². The Morgan fingerprint density at radius 2 is 2.08 bits per heavy atom. The number of likely N-dealkylation sites (N-methyl/N-ethyl adjacent to an activating group) is 1. The number of aliphatic hydroxyl groups is 1. The van der Waals surface area contributed by atoms with E-state index in [0.717, 1.165) is 16.2 Å². The van der Waals surface area contributed by atoms with Gasteiger partial charge in [-0.2, -0.15) is 0 Å². The van der Waals surface area contributed by atoms with Gasteiger partial charge in [0.1, 0.15) is 11.4 Å². The average molecular weight is 204 g/mol. The first-order valence-electron chi connectivity index (χ1n) is 5.04. The highest BCUT2D eigenvalue weighted by Crippen LogP contribution is 2.36. The van der Waals surface area contributed by atoms with Crippen molar-refractivity contribution in [3.05, 3.63) is 0 Å². The highest BCUT2D eigenvalue weighted by molar-refractivity contribution is 7.99. The summed E-state index contributed by atoms with van der Waals surface area (Å²) in [5.41, 5.74) is 0. The van der Waals surface area contributed by atoms with Crippen molar-refractivity contribution in [1.29, 1.82) is 0 Å². The third-order valence-electron chi connectivity index (χ3n) is 3.05. The third kappa shape index (κ3) is 2.39. The molecule has 3 heteroatoms. The second-order valence-electron chi connectivity index (χ2n) is 4.88. The van der Waals surface area contributed by atoms with Gasteiger partial charge in [-0.05, 0) is 5.92 Å². The van der Waals surface area contributed by atoms with Gasteiger partial charge < -0.3 is 9.59 Å². The lowest BCUT2D eigenvalue weighted by Crippen LogP contribution is -2.52. The molecular formula is C10H22NOS+. The SMILES string of the molecule is CC(C)CC1SC[C@@H](CO)[N+]1(C)C. The van der Waals surface area contributed by atoms with Gasteiger partial charge >= 0.3 is 0 Å². The molecule has 1 aliphatic heterocycles. The molecule has 0 aromatic rings. The van der Waals surface area contributed by atoms with E-state index >= 15 is 0 Å². The molecule has 1 N–H and O–H groups in total. The highest BCUT2D eigenvalue weighted by Gasteiger charge is 2.43. The zero-order valence-electron chi connectivity index (χ0n) is 9.16. The summed E-state index contributed by atoms with van der Waals surface area (Å²) in [6, 6.07) is 0.439. The molecule has 0 aromatic carbocycles. The van der Waals surface area contributed by atoms with E-state index in [9.17, 15) is 5.11 Å². The molecule has 2 atom stereocenters. The lowest BCUT2D eigenvalue weighted by atomic mass is 10.1. The molecule has 78 valence electrons. The number of thioether (sulfide) groups is 1. The van der Waals surface area contributed by atoms with E-state index in [1.165, 1.54) is 6.42 Å². The van der Waals surface area contributed by atoms with Gasteiger partial charge in [-0.25, -0.2) is 0 Å². The summed E-state index contributed by atoms with van der Waals surface area (Å²) in [6.45, 7) is 4.87. The summed E-state index contributed by atoms with van der Waals surface area (Å²) in [5.74, 6) is 1.87. The van der Waals surface area contributed by atoms with E-state index in [1.807, 2.05) is 11.8 Å². The van der Waals surface area contributed by atoms with Crippen LogP contribution in [0.5, 0.6) is 0 Å². The number of hydrogen-bond donors (Lipinski definition) is 1. The van der Waals surface area contributed by atoms with Crippen LogP contribution in [-0.2, 0) is 0 Å². The van der Waals surface area contributed by atoms with Gasteiger partial charge in [0.15, 0.2) is 0 Å². The van der Waals surface area contributed by atoms with E-state index in [0.29, 0.717) is 18.0 Å². The Bertz CT molecular complexity index is 170. The number of nitrogens with zero attached hydrogens (tertiary/aromatic N) is 1. The molecule has 1 heterocycles. The predicted molar refractivity (Wildman–Crippen MR) is 58.7 cm³/mol. The van der Waals surface area contributed by atoms with Crippen LogP contribution in [0.25, 0.3) is 0 Å². The smallest absolute Gasteiger partial charge is 0.136 e. The standard InChI is InChI=1S/C10H22NOS/c1-8(2)5-10-11(3,4)9(6-12)7-13-10/h8-10,12H,5-7H2,1-4H3/q+1/t9-,10?/m1/s1. The van der Waals surface area contributed by atoms with Gasteiger partial charge in [0.25, 0.3) is 0 Å². The molecule has 0 spiro atoms. The van der Waals surface area contributed by atoms with Gasteiger partial charge in [-0.15, -0.1) is 0 Å². The molecule has 0 saturated carbocycles. The van der Waals surface area contributed by atoms with Crippen molar-refractivity contribution in [2.24, 2.45) is 5.92 Å². The zero-order valence-corrected chi connectivity index (χ0v) is 9.97. The molecule has 13 heavy (non-hydrogen) atoms. The molecule has 0 amide bonds. The largest absolute Gasteiger partial charge is 0.390 e. The van der Waals surface area contributed by atoms with E-state index < -0.39 is 0 Å². The van der Waals surface area contributed by atoms with Crippen molar-refractivity contribution in [2.45, 2.75) is 31.7 Å². The summed E-state index contributed by atoms with van der Waals surface area (Å²) in [5, 5.41) is 9.90. The number of aliphatic hydroxyl groups excluding tert-OH is 1. The van der Waals surface area contributed by atoms with Gasteiger partial charge in [-0.3, -0.25) is 0 Å². The Hall–Kier alpha value is 0.270. The van der Waals surface area contributed by atoms with Crippen LogP contribution in [-0.4, -0.2) is 47.5 Å². The maximum Gasteiger partial charge on any atom is 0.136 e. The second-order valence-corrected chi connectivity index (χ2v) is 6.09. The number of hydrogen-bond acceptors (Lipinski definition) is 2. The minimum atomic E-state index is 0.328. The van der Waals surface area contributed by atoms with E-state index in [1.54, 1.807) is 0 Å². The second kappa shape index (κ2) is 4.20. The normalized spacial score (nSPS) is 32.8. The zero-order chi connectivity index (χ0) is 10.1. The van der Waals surface area contributed by atoms with Crippen LogP contribution in [0.3, 0.4) is 0 Å². The first kappa shape index (κ1) is 11.3. The first-order valence-corrected chi connectivity index (χ1v) is 6.09. The van der Waals surface area contributed by atoms with Gasteiger partial charge in [-0.1, -0.05) is 25.6 Å². The Morgan fingerprint density at radius 3 is 2.46 bits per heavy atom. The summed E-state index contributed by atoms with van der Waals surface area (Å²) in [7, 11) is 4.49. The lowest BCUT2D eigenvalue weighted by molar-refractivity contribution is -0.918. The van der Waals surface area contributed by atoms with Crippen molar-refractivity contribution in [3.8, 4) is 0 Å². The molecule has 1 unspecified atom stereocenters. The van der Waals surface area contributed by atoms with Crippen molar-refractivity contribution >= 4 is 11.8 Å². The van der Waals surface area contributed by atoms with Crippen LogP contribution >= 0.6 is 11.8 Å². The first-order chi connectivity index (χ1) is 5.98. The van der Waals surface area contributed by atoms with Gasteiger partial charge in [0.05, 0.1) is 26.5 Å². The maximum atomic E-state index is 9.22. The van der Waals surface area contributed by atoms with E-state index in [2.05, 4.69) is 27.9 Å². The van der Waals surface area contributed by atoms with Crippen LogP contribution in [0.1, 0.15) is 20.3 Å². The third-order valence-corrected chi connectivity index (χ3v) is 4.75. The van der Waals surface area contributed by atoms with Crippen molar-refractivity contribution < 1.29 is 9.59 Å². The summed E-state index contributed by atoms with van der Waals surface area (Å²) in [4.78, 5) is 0. The predicted octanol–water partition coefficient (Wildman–Crippen LogP) is 1.54. The minimum Gasteiger partial charge on any atom is -0.390 e. The molecule has 1 aliphatic rings. The highest BCUT2D eigenvalue weighted by atomic mass is 32.2. The van der Waals surface area contributed by atoms with Crippen molar-refractivity contribution in [1.82, 2.24) is 0 Å². The molecule has 0 radical (unpaired) electrons. The molecule has 1 saturated heterocycles. The molecule has 1 rings (SSSR count). The number of quaternary nitrogens is 1. The number of rotatable bonds is 3. The fraction of sp³-hybridized carbons (Fsp3) is 1.00. The fourth-order valence-corrected chi connectivity index (χ4v) is 3.86. The van der Waals surface area contributed by atoms with Gasteiger partial charge in [0.2, 0.25) is 0 Å². The molecule has 0 bridgehead atoms. The van der Waals surface area contributed by atoms with Crippen molar-refractivity contribution in [3.63, 3.8) is 0 Å². The van der Waals surface area contributed by atoms with Crippen LogP contribution in [0, 0.1) is 5.92 Å². The topological polar surface area (TPSA) is 20.2 Å². The van der Waals surface area contributed by atoms with Gasteiger partial charge in [0, 0.05) is 6.42 Å². The average Bonchev–Trinajstić information content (AvgIpc) is 2.26. The molecule has 0 aliphatic carbocycles. The maximum absolute atomic E-state index is 9.22. The minimum absolute atomic E-state index is 0.328. The molecule has 2 nitrogen and oxygen atoms in total.